The molecule has 0 bridgehead atoms. The quantitative estimate of drug-likeness (QED) is 0.478. The van der Waals surface area contributed by atoms with Gasteiger partial charge in [0.2, 0.25) is 0 Å². The molecule has 0 N–H and O–H groups in total. The molecule has 0 aromatic heterocycles. The van der Waals surface area contributed by atoms with Crippen molar-refractivity contribution in [3.63, 3.8) is 0 Å². The van der Waals surface area contributed by atoms with E-state index < -0.39 is 17.2 Å². The van der Waals surface area contributed by atoms with Crippen LogP contribution < -0.4 is 0 Å². The molecule has 0 unspecified atom stereocenters. The molecule has 2 aromatic carbocycles. The summed E-state index contributed by atoms with van der Waals surface area (Å²) < 4.78 is 11.6. The molecular formula is C25H26Cl2O4. The Morgan fingerprint density at radius 1 is 0.968 bits per heavy atom. The lowest BCUT2D eigenvalue weighted by atomic mass is 9.81. The number of Topliss-reactive ketones (excluding diaryl/α,β-unsaturated/α-hetero) is 1. The maximum atomic E-state index is 13.4. The molecule has 1 aliphatic heterocycles. The van der Waals surface area contributed by atoms with Crippen molar-refractivity contribution in [1.82, 2.24) is 0 Å². The minimum absolute atomic E-state index is 0.222. The third-order valence-electron chi connectivity index (χ3n) is 5.31. The number of carbonyl (C=O) groups is 2. The lowest BCUT2D eigenvalue weighted by molar-refractivity contribution is -0.165. The first-order valence-electron chi connectivity index (χ1n) is 10.1. The number of esters is 1. The van der Waals surface area contributed by atoms with E-state index in [9.17, 15) is 9.59 Å². The largest absolute Gasteiger partial charge is 0.427 e. The topological polar surface area (TPSA) is 52.6 Å². The van der Waals surface area contributed by atoms with E-state index >= 15 is 0 Å². The zero-order valence-corrected chi connectivity index (χ0v) is 20.1. The van der Waals surface area contributed by atoms with E-state index in [0.29, 0.717) is 22.0 Å². The number of carbonyl (C=O) groups excluding carboxylic acids is 2. The number of hydrogen-bond acceptors (Lipinski definition) is 4. The number of halogens is 2. The fraction of sp³-hybridized carbons (Fsp3) is 0.360. The predicted octanol–water partition coefficient (Wildman–Crippen LogP) is 6.65. The van der Waals surface area contributed by atoms with Gasteiger partial charge in [-0.3, -0.25) is 9.59 Å². The third kappa shape index (κ3) is 4.57. The summed E-state index contributed by atoms with van der Waals surface area (Å²) in [6, 6.07) is 11.3. The second-order valence-corrected chi connectivity index (χ2v) is 9.42. The molecule has 0 saturated heterocycles. The summed E-state index contributed by atoms with van der Waals surface area (Å²) in [5, 5.41) is 0.968. The molecule has 6 heteroatoms. The summed E-state index contributed by atoms with van der Waals surface area (Å²) >= 11 is 12.2. The molecule has 0 spiro atoms. The van der Waals surface area contributed by atoms with Crippen molar-refractivity contribution >= 4 is 40.5 Å². The Morgan fingerprint density at radius 3 is 2.16 bits per heavy atom. The fourth-order valence-corrected chi connectivity index (χ4v) is 4.28. The molecule has 2 aromatic rings. The van der Waals surface area contributed by atoms with Gasteiger partial charge in [-0.05, 0) is 68.5 Å². The van der Waals surface area contributed by atoms with Gasteiger partial charge in [0.25, 0.3) is 0 Å². The van der Waals surface area contributed by atoms with Crippen molar-refractivity contribution < 1.29 is 19.1 Å². The predicted molar refractivity (Wildman–Crippen MR) is 124 cm³/mol. The van der Waals surface area contributed by atoms with Crippen LogP contribution in [0.15, 0.2) is 42.2 Å². The molecule has 1 aliphatic rings. The zero-order chi connectivity index (χ0) is 23.1. The molecule has 0 aliphatic carbocycles. The van der Waals surface area contributed by atoms with E-state index in [1.54, 1.807) is 33.8 Å². The molecule has 0 atom stereocenters. The standard InChI is InChI=1S/C25H26Cl2O4/c1-7-15-12-16(17-9-11-19(26)20(27)13-17)8-10-18(15)21-22(29)24(3,4)31-25(5,6)23(21)30-14(2)28/h8-13H,7H2,1-6H3. The molecule has 0 fully saturated rings. The van der Waals surface area contributed by atoms with Gasteiger partial charge in [0.1, 0.15) is 11.2 Å². The maximum Gasteiger partial charge on any atom is 0.307 e. The van der Waals surface area contributed by atoms with Crippen LogP contribution in [0.25, 0.3) is 16.7 Å². The van der Waals surface area contributed by atoms with Crippen molar-refractivity contribution in [2.75, 3.05) is 0 Å². The van der Waals surface area contributed by atoms with Gasteiger partial charge in [-0.25, -0.2) is 0 Å². The highest BCUT2D eigenvalue weighted by Crippen LogP contribution is 2.43. The molecular weight excluding hydrogens is 435 g/mol. The highest BCUT2D eigenvalue weighted by molar-refractivity contribution is 6.42. The van der Waals surface area contributed by atoms with Gasteiger partial charge in [-0.15, -0.1) is 0 Å². The van der Waals surface area contributed by atoms with Crippen LogP contribution in [0.4, 0.5) is 0 Å². The molecule has 1 heterocycles. The Balaban J connectivity index is 2.24. The highest BCUT2D eigenvalue weighted by Gasteiger charge is 2.48. The van der Waals surface area contributed by atoms with Crippen molar-refractivity contribution in [3.8, 4) is 11.1 Å². The maximum absolute atomic E-state index is 13.4. The van der Waals surface area contributed by atoms with Crippen LogP contribution in [0.5, 0.6) is 0 Å². The first-order chi connectivity index (χ1) is 14.4. The fourth-order valence-electron chi connectivity index (χ4n) is 3.98. The van der Waals surface area contributed by atoms with Crippen molar-refractivity contribution in [3.05, 3.63) is 63.3 Å². The van der Waals surface area contributed by atoms with Crippen LogP contribution in [0.3, 0.4) is 0 Å². The second kappa shape index (κ2) is 8.42. The SMILES string of the molecule is CCc1cc(-c2ccc(Cl)c(Cl)c2)ccc1C1=C(OC(C)=O)C(C)(C)OC(C)(C)C1=O. The minimum atomic E-state index is -1.06. The van der Waals surface area contributed by atoms with E-state index in [2.05, 4.69) is 0 Å². The van der Waals surface area contributed by atoms with E-state index in [4.69, 9.17) is 32.7 Å². The van der Waals surface area contributed by atoms with Gasteiger partial charge in [-0.1, -0.05) is 54.4 Å². The van der Waals surface area contributed by atoms with Crippen molar-refractivity contribution in [1.29, 1.82) is 0 Å². The molecule has 31 heavy (non-hydrogen) atoms. The van der Waals surface area contributed by atoms with Crippen LogP contribution >= 0.6 is 23.2 Å². The van der Waals surface area contributed by atoms with E-state index in [1.807, 2.05) is 37.3 Å². The molecule has 0 saturated carbocycles. The number of aryl methyl sites for hydroxylation is 1. The first kappa shape index (κ1) is 23.5. The highest BCUT2D eigenvalue weighted by atomic mass is 35.5. The number of ketones is 1. The molecule has 164 valence electrons. The van der Waals surface area contributed by atoms with Gasteiger partial charge < -0.3 is 9.47 Å². The Morgan fingerprint density at radius 2 is 1.58 bits per heavy atom. The lowest BCUT2D eigenvalue weighted by Crippen LogP contribution is -2.50. The molecule has 4 nitrogen and oxygen atoms in total. The van der Waals surface area contributed by atoms with Crippen molar-refractivity contribution in [2.45, 2.75) is 59.2 Å². The van der Waals surface area contributed by atoms with Gasteiger partial charge >= 0.3 is 5.97 Å². The Bertz CT molecular complexity index is 1100. The van der Waals surface area contributed by atoms with Crippen LogP contribution in [0.1, 0.15) is 52.7 Å². The van der Waals surface area contributed by atoms with E-state index in [1.165, 1.54) is 6.92 Å². The molecule has 0 radical (unpaired) electrons. The lowest BCUT2D eigenvalue weighted by Gasteiger charge is -2.42. The monoisotopic (exact) mass is 460 g/mol. The average molecular weight is 461 g/mol. The van der Waals surface area contributed by atoms with Crippen LogP contribution in [-0.4, -0.2) is 23.0 Å². The smallest absolute Gasteiger partial charge is 0.307 e. The van der Waals surface area contributed by atoms with E-state index in [-0.39, 0.29) is 11.5 Å². The number of ether oxygens (including phenoxy) is 2. The summed E-state index contributed by atoms with van der Waals surface area (Å²) in [5.74, 6) is -0.483. The number of benzene rings is 2. The summed E-state index contributed by atoms with van der Waals surface area (Å²) in [4.78, 5) is 25.3. The summed E-state index contributed by atoms with van der Waals surface area (Å²) in [7, 11) is 0. The van der Waals surface area contributed by atoms with E-state index in [0.717, 1.165) is 22.3 Å². The zero-order valence-electron chi connectivity index (χ0n) is 18.6. The van der Waals surface area contributed by atoms with Crippen LogP contribution in [-0.2, 0) is 25.5 Å². The van der Waals surface area contributed by atoms with Gasteiger partial charge in [-0.2, -0.15) is 0 Å². The summed E-state index contributed by atoms with van der Waals surface area (Å²) in [6.07, 6.45) is 0.677. The third-order valence-corrected chi connectivity index (χ3v) is 6.05. The van der Waals surface area contributed by atoms with Gasteiger partial charge in [0.05, 0.1) is 15.6 Å². The molecule has 3 rings (SSSR count). The number of rotatable bonds is 4. The Hall–Kier alpha value is -2.14. The summed E-state index contributed by atoms with van der Waals surface area (Å²) in [6.45, 7) is 10.4. The van der Waals surface area contributed by atoms with Gasteiger partial charge in [0, 0.05) is 6.92 Å². The van der Waals surface area contributed by atoms with Crippen LogP contribution in [0, 0.1) is 0 Å². The van der Waals surface area contributed by atoms with Crippen molar-refractivity contribution in [2.24, 2.45) is 0 Å². The normalized spacial score (nSPS) is 17.6. The second-order valence-electron chi connectivity index (χ2n) is 8.60. The Labute approximate surface area is 193 Å². The average Bonchev–Trinajstić information content (AvgIpc) is 2.67. The van der Waals surface area contributed by atoms with Gasteiger partial charge in [0.15, 0.2) is 11.5 Å². The Kier molecular flexibility index (Phi) is 6.39. The summed E-state index contributed by atoms with van der Waals surface area (Å²) in [5.41, 5.74) is 1.92. The minimum Gasteiger partial charge on any atom is -0.427 e. The number of hydrogen-bond donors (Lipinski definition) is 0. The molecule has 0 amide bonds. The first-order valence-corrected chi connectivity index (χ1v) is 10.9. The van der Waals surface area contributed by atoms with Crippen LogP contribution in [0.2, 0.25) is 10.0 Å².